The van der Waals surface area contributed by atoms with Crippen molar-refractivity contribution in [2.75, 3.05) is 48.0 Å². The van der Waals surface area contributed by atoms with Gasteiger partial charge in [-0.05, 0) is 62.2 Å². The molecule has 0 aromatic heterocycles. The van der Waals surface area contributed by atoms with E-state index in [0.29, 0.717) is 29.1 Å². The van der Waals surface area contributed by atoms with Gasteiger partial charge in [0.1, 0.15) is 11.9 Å². The minimum atomic E-state index is -0.606. The predicted octanol–water partition coefficient (Wildman–Crippen LogP) is 4.44. The summed E-state index contributed by atoms with van der Waals surface area (Å²) in [5.41, 5.74) is 10.3. The number of amides is 1. The first-order chi connectivity index (χ1) is 18.3. The quantitative estimate of drug-likeness (QED) is 0.424. The number of halogens is 1. The van der Waals surface area contributed by atoms with Crippen molar-refractivity contribution in [1.29, 1.82) is 5.26 Å². The highest BCUT2D eigenvalue weighted by Gasteiger charge is 2.21. The van der Waals surface area contributed by atoms with Gasteiger partial charge in [-0.2, -0.15) is 5.26 Å². The van der Waals surface area contributed by atoms with E-state index in [-0.39, 0.29) is 20.9 Å². The third kappa shape index (κ3) is 6.32. The number of nitriles is 1. The number of rotatable bonds is 6. The number of allylic oxidation sites excluding steroid dienone is 2. The Kier molecular flexibility index (Phi) is 8.97. The number of hydrogen-bond donors (Lipinski definition) is 1. The van der Waals surface area contributed by atoms with Gasteiger partial charge in [-0.3, -0.25) is 4.79 Å². The van der Waals surface area contributed by atoms with Crippen LogP contribution in [0.2, 0.25) is 0 Å². The summed E-state index contributed by atoms with van der Waals surface area (Å²) in [5, 5.41) is 9.21. The summed E-state index contributed by atoms with van der Waals surface area (Å²) in [6, 6.07) is 14.6. The van der Waals surface area contributed by atoms with E-state index in [0.717, 1.165) is 48.8 Å². The average Bonchev–Trinajstić information content (AvgIpc) is 2.93. The summed E-state index contributed by atoms with van der Waals surface area (Å²) in [5.74, 6) is 1.29. The maximum atomic E-state index is 14.7. The van der Waals surface area contributed by atoms with E-state index in [1.165, 1.54) is 12.1 Å². The van der Waals surface area contributed by atoms with Gasteiger partial charge < -0.3 is 20.4 Å². The number of benzene rings is 2. The van der Waals surface area contributed by atoms with Gasteiger partial charge in [0.15, 0.2) is 0 Å². The molecule has 4 rings (SSSR count). The van der Waals surface area contributed by atoms with Crippen molar-refractivity contribution in [2.45, 2.75) is 19.8 Å². The minimum absolute atomic E-state index is 0.0279. The average molecular weight is 550 g/mol. The van der Waals surface area contributed by atoms with E-state index >= 15 is 0 Å². The molecule has 2 aromatic carbocycles. The molecule has 0 spiro atoms. The topological polar surface area (TPSA) is 76.6 Å². The lowest BCUT2D eigenvalue weighted by molar-refractivity contribution is -0.124. The molecular formula is C29H32FN5OS2. The largest absolute Gasteiger partial charge is 0.401 e. The Morgan fingerprint density at radius 2 is 1.89 bits per heavy atom. The SMILES string of the molecule is C/C=C(\C=C(\c1ccc(C#N)c(F)c1)N(C)c1ccc(N2CCS(=S)CC2)cc1)C(=O)N1C=C(N)CCC1. The zero-order valence-electron chi connectivity index (χ0n) is 21.7. The predicted molar refractivity (Wildman–Crippen MR) is 158 cm³/mol. The van der Waals surface area contributed by atoms with Gasteiger partial charge in [0.2, 0.25) is 0 Å². The first-order valence-electron chi connectivity index (χ1n) is 12.6. The van der Waals surface area contributed by atoms with Crippen LogP contribution < -0.4 is 15.5 Å². The van der Waals surface area contributed by atoms with Crippen LogP contribution in [0.5, 0.6) is 0 Å². The van der Waals surface area contributed by atoms with Crippen LogP contribution >= 0.6 is 0 Å². The molecule has 1 saturated heterocycles. The Bertz CT molecular complexity index is 1350. The van der Waals surface area contributed by atoms with Gasteiger partial charge in [-0.15, -0.1) is 9.45 Å². The zero-order valence-corrected chi connectivity index (χ0v) is 23.3. The van der Waals surface area contributed by atoms with Crippen molar-refractivity contribution in [3.05, 3.63) is 89.0 Å². The van der Waals surface area contributed by atoms with Gasteiger partial charge in [-0.25, -0.2) is 4.39 Å². The van der Waals surface area contributed by atoms with Crippen LogP contribution in [0.15, 0.2) is 72.1 Å². The van der Waals surface area contributed by atoms with Crippen LogP contribution in [-0.4, -0.2) is 49.0 Å². The molecular weight excluding hydrogens is 517 g/mol. The lowest BCUT2D eigenvalue weighted by atomic mass is 10.0. The fourth-order valence-electron chi connectivity index (χ4n) is 4.59. The fraction of sp³-hybridized carbons (Fsp3) is 0.310. The number of nitrogens with two attached hydrogens (primary N) is 1. The molecule has 1 fully saturated rings. The molecule has 0 bridgehead atoms. The molecule has 38 heavy (non-hydrogen) atoms. The van der Waals surface area contributed by atoms with Crippen LogP contribution in [0.1, 0.15) is 30.9 Å². The molecule has 2 aliphatic rings. The van der Waals surface area contributed by atoms with Crippen molar-refractivity contribution in [3.8, 4) is 6.07 Å². The molecule has 0 unspecified atom stereocenters. The second kappa shape index (κ2) is 12.4. The second-order valence-corrected chi connectivity index (χ2v) is 12.4. The Morgan fingerprint density at radius 3 is 2.50 bits per heavy atom. The maximum Gasteiger partial charge on any atom is 0.257 e. The van der Waals surface area contributed by atoms with Crippen LogP contribution in [0.3, 0.4) is 0 Å². The molecule has 9 heteroatoms. The molecule has 6 nitrogen and oxygen atoms in total. The summed E-state index contributed by atoms with van der Waals surface area (Å²) in [4.78, 5) is 19.3. The highest BCUT2D eigenvalue weighted by atomic mass is 32.8. The van der Waals surface area contributed by atoms with E-state index in [1.807, 2.05) is 30.1 Å². The summed E-state index contributed by atoms with van der Waals surface area (Å²) in [7, 11) is 1.97. The second-order valence-electron chi connectivity index (χ2n) is 9.30. The van der Waals surface area contributed by atoms with Crippen LogP contribution in [0.25, 0.3) is 5.70 Å². The minimum Gasteiger partial charge on any atom is -0.401 e. The summed E-state index contributed by atoms with van der Waals surface area (Å²) >= 11 is 5.46. The van der Waals surface area contributed by atoms with Gasteiger partial charge >= 0.3 is 0 Å². The molecule has 2 aliphatic heterocycles. The van der Waals surface area contributed by atoms with Crippen LogP contribution in [0, 0.1) is 17.1 Å². The Balaban J connectivity index is 1.69. The third-order valence-electron chi connectivity index (χ3n) is 6.82. The summed E-state index contributed by atoms with van der Waals surface area (Å²) < 4.78 is 14.7. The number of nitrogens with zero attached hydrogens (tertiary/aromatic N) is 4. The van der Waals surface area contributed by atoms with Gasteiger partial charge in [-0.1, -0.05) is 23.3 Å². The molecule has 198 valence electrons. The Morgan fingerprint density at radius 1 is 1.18 bits per heavy atom. The van der Waals surface area contributed by atoms with E-state index in [9.17, 15) is 14.4 Å². The smallest absolute Gasteiger partial charge is 0.257 e. The van der Waals surface area contributed by atoms with E-state index in [1.54, 1.807) is 36.2 Å². The summed E-state index contributed by atoms with van der Waals surface area (Å²) in [6.45, 7) is 4.31. The van der Waals surface area contributed by atoms with E-state index in [4.69, 9.17) is 16.9 Å². The van der Waals surface area contributed by atoms with Crippen LogP contribution in [0.4, 0.5) is 15.8 Å². The zero-order chi connectivity index (χ0) is 27.2. The van der Waals surface area contributed by atoms with Crippen molar-refractivity contribution < 1.29 is 9.18 Å². The van der Waals surface area contributed by atoms with E-state index in [2.05, 4.69) is 17.0 Å². The van der Waals surface area contributed by atoms with Crippen LogP contribution in [-0.2, 0) is 25.4 Å². The van der Waals surface area contributed by atoms with E-state index < -0.39 is 5.82 Å². The fourth-order valence-corrected chi connectivity index (χ4v) is 6.09. The van der Waals surface area contributed by atoms with Crippen molar-refractivity contribution in [1.82, 2.24) is 4.90 Å². The number of hydrogen-bond acceptors (Lipinski definition) is 6. The summed E-state index contributed by atoms with van der Waals surface area (Å²) in [6.07, 6.45) is 6.79. The monoisotopic (exact) mass is 549 g/mol. The number of anilines is 2. The molecule has 2 aromatic rings. The molecule has 0 atom stereocenters. The maximum absolute atomic E-state index is 14.7. The Labute approximate surface area is 231 Å². The van der Waals surface area contributed by atoms with Crippen molar-refractivity contribution >= 4 is 43.6 Å². The number of carbonyl (C=O) groups excluding carboxylic acids is 1. The van der Waals surface area contributed by atoms with Gasteiger partial charge in [0, 0.05) is 78.3 Å². The lowest BCUT2D eigenvalue weighted by Gasteiger charge is -2.30. The highest BCUT2D eigenvalue weighted by Crippen LogP contribution is 2.30. The van der Waals surface area contributed by atoms with Crippen molar-refractivity contribution in [3.63, 3.8) is 0 Å². The molecule has 2 N–H and O–H groups in total. The van der Waals surface area contributed by atoms with Gasteiger partial charge in [0.05, 0.1) is 5.56 Å². The molecule has 0 radical (unpaired) electrons. The number of carbonyl (C=O) groups is 1. The Hall–Kier alpha value is -3.48. The molecule has 0 aliphatic carbocycles. The highest BCUT2D eigenvalue weighted by molar-refractivity contribution is 8.28. The van der Waals surface area contributed by atoms with Crippen molar-refractivity contribution in [2.24, 2.45) is 5.73 Å². The van der Waals surface area contributed by atoms with Gasteiger partial charge in [0.25, 0.3) is 5.91 Å². The lowest BCUT2D eigenvalue weighted by Crippen LogP contribution is -2.37. The first-order valence-corrected chi connectivity index (χ1v) is 15.1. The first kappa shape index (κ1) is 27.6. The molecule has 2 heterocycles. The molecule has 0 saturated carbocycles. The third-order valence-corrected chi connectivity index (χ3v) is 9.10. The molecule has 1 amide bonds. The standard InChI is InChI=1S/C29H32FN5OS2/c1-3-21(29(36)35-12-4-5-24(32)20-35)18-28(22-6-7-23(19-31)27(30)17-22)33(2)25-8-10-26(11-9-25)34-13-15-38(37)16-14-34/h3,6-11,17-18,20H,4-5,12-16,32H2,1-2H3/b21-3+,28-18-. The normalized spacial score (nSPS) is 17.2.